The highest BCUT2D eigenvalue weighted by Gasteiger charge is 2.18. The van der Waals surface area contributed by atoms with E-state index in [1.54, 1.807) is 18.7 Å². The quantitative estimate of drug-likeness (QED) is 0.253. The molecule has 3 heterocycles. The highest BCUT2D eigenvalue weighted by atomic mass is 79.9. The van der Waals surface area contributed by atoms with Crippen LogP contribution in [0.5, 0.6) is 0 Å². The number of amides is 1. The molecule has 0 spiro atoms. The first-order valence-corrected chi connectivity index (χ1v) is 12.3. The fourth-order valence-electron chi connectivity index (χ4n) is 2.77. The van der Waals surface area contributed by atoms with Gasteiger partial charge < -0.3 is 9.73 Å². The molecule has 0 radical (unpaired) electrons. The molecule has 0 bridgehead atoms. The summed E-state index contributed by atoms with van der Waals surface area (Å²) in [4.78, 5) is 16.8. The molecule has 4 rings (SSSR count). The molecular formula is C20H14Br3N5O2S. The van der Waals surface area contributed by atoms with Crippen LogP contribution in [0.25, 0.3) is 11.4 Å². The van der Waals surface area contributed by atoms with Gasteiger partial charge in [0.25, 0.3) is 0 Å². The van der Waals surface area contributed by atoms with Gasteiger partial charge in [-0.2, -0.15) is 0 Å². The molecular weight excluding hydrogens is 614 g/mol. The van der Waals surface area contributed by atoms with Crippen molar-refractivity contribution in [2.75, 3.05) is 11.1 Å². The standard InChI is InChI=1S/C20H14Br3N5O2S/c21-13-7-15(22)18(16(23)8-13)25-17(29)11-31-20-27-26-19(12-3-1-5-24-9-12)28(20)10-14-4-2-6-30-14/h1-9H,10-11H2,(H,25,29). The van der Waals surface area contributed by atoms with Crippen LogP contribution in [0.15, 0.2) is 78.0 Å². The van der Waals surface area contributed by atoms with Crippen LogP contribution in [0.1, 0.15) is 5.76 Å². The Hall–Kier alpha value is -1.95. The van der Waals surface area contributed by atoms with Crippen LogP contribution in [-0.2, 0) is 11.3 Å². The maximum absolute atomic E-state index is 12.6. The van der Waals surface area contributed by atoms with Crippen LogP contribution in [0.2, 0.25) is 0 Å². The number of hydrogen-bond donors (Lipinski definition) is 1. The van der Waals surface area contributed by atoms with E-state index in [4.69, 9.17) is 4.42 Å². The minimum Gasteiger partial charge on any atom is -0.467 e. The van der Waals surface area contributed by atoms with Crippen LogP contribution >= 0.6 is 59.6 Å². The Kier molecular flexibility index (Phi) is 7.26. The first-order chi connectivity index (χ1) is 15.0. The number of aromatic nitrogens is 4. The molecule has 1 N–H and O–H groups in total. The Morgan fingerprint density at radius 3 is 2.61 bits per heavy atom. The number of furan rings is 1. The number of carbonyl (C=O) groups is 1. The zero-order chi connectivity index (χ0) is 21.8. The number of nitrogens with one attached hydrogen (secondary N) is 1. The van der Waals surface area contributed by atoms with Crippen molar-refractivity contribution in [2.24, 2.45) is 0 Å². The molecule has 0 unspecified atom stereocenters. The Bertz CT molecular complexity index is 1180. The second kappa shape index (κ2) is 10.1. The molecule has 0 saturated carbocycles. The van der Waals surface area contributed by atoms with Gasteiger partial charge in [0, 0.05) is 31.4 Å². The second-order valence-corrected chi connectivity index (χ2v) is 9.86. The molecule has 0 saturated heterocycles. The van der Waals surface area contributed by atoms with Crippen LogP contribution in [0.4, 0.5) is 5.69 Å². The summed E-state index contributed by atoms with van der Waals surface area (Å²) < 4.78 is 9.85. The van der Waals surface area contributed by atoms with Crippen molar-refractivity contribution in [3.8, 4) is 11.4 Å². The Morgan fingerprint density at radius 1 is 1.13 bits per heavy atom. The number of hydrogen-bond acceptors (Lipinski definition) is 6. The number of rotatable bonds is 7. The molecule has 0 atom stereocenters. The third-order valence-electron chi connectivity index (χ3n) is 4.13. The second-order valence-electron chi connectivity index (χ2n) is 6.29. The van der Waals surface area contributed by atoms with Gasteiger partial charge >= 0.3 is 0 Å². The highest BCUT2D eigenvalue weighted by Crippen LogP contribution is 2.34. The van der Waals surface area contributed by atoms with Crippen molar-refractivity contribution in [1.82, 2.24) is 19.7 Å². The topological polar surface area (TPSA) is 85.8 Å². The van der Waals surface area contributed by atoms with E-state index in [2.05, 4.69) is 68.3 Å². The van der Waals surface area contributed by atoms with Crippen LogP contribution < -0.4 is 5.32 Å². The van der Waals surface area contributed by atoms with Crippen molar-refractivity contribution in [3.05, 3.63) is 74.2 Å². The maximum Gasteiger partial charge on any atom is 0.234 e. The summed E-state index contributed by atoms with van der Waals surface area (Å²) in [5.41, 5.74) is 1.50. The summed E-state index contributed by atoms with van der Waals surface area (Å²) in [6, 6.07) is 11.2. The molecule has 0 fully saturated rings. The van der Waals surface area contributed by atoms with Gasteiger partial charge in [-0.15, -0.1) is 10.2 Å². The van der Waals surface area contributed by atoms with Crippen molar-refractivity contribution in [3.63, 3.8) is 0 Å². The molecule has 158 valence electrons. The third-order valence-corrected chi connectivity index (χ3v) is 6.81. The molecule has 4 aromatic rings. The molecule has 1 amide bonds. The van der Waals surface area contributed by atoms with E-state index < -0.39 is 0 Å². The maximum atomic E-state index is 12.6. The Labute approximate surface area is 207 Å². The number of pyridine rings is 1. The molecule has 0 aliphatic carbocycles. The number of nitrogens with zero attached hydrogens (tertiary/aromatic N) is 4. The van der Waals surface area contributed by atoms with Gasteiger partial charge in [-0.3, -0.25) is 14.3 Å². The number of benzene rings is 1. The van der Waals surface area contributed by atoms with E-state index in [1.165, 1.54) is 11.8 Å². The number of thioether (sulfide) groups is 1. The Morgan fingerprint density at radius 2 is 1.94 bits per heavy atom. The molecule has 0 aliphatic rings. The first-order valence-electron chi connectivity index (χ1n) is 8.94. The minimum absolute atomic E-state index is 0.163. The predicted octanol–water partition coefficient (Wildman–Crippen LogP) is 6.00. The zero-order valence-corrected chi connectivity index (χ0v) is 21.3. The van der Waals surface area contributed by atoms with Crippen molar-refractivity contribution in [1.29, 1.82) is 0 Å². The average Bonchev–Trinajstić information content (AvgIpc) is 3.40. The van der Waals surface area contributed by atoms with E-state index in [0.29, 0.717) is 23.2 Å². The summed E-state index contributed by atoms with van der Waals surface area (Å²) in [6.07, 6.45) is 5.05. The molecule has 1 aromatic carbocycles. The van der Waals surface area contributed by atoms with E-state index in [-0.39, 0.29) is 11.7 Å². The number of anilines is 1. The SMILES string of the molecule is O=C(CSc1nnc(-c2cccnc2)n1Cc1ccco1)Nc1c(Br)cc(Br)cc1Br. The van der Waals surface area contributed by atoms with Crippen molar-refractivity contribution in [2.45, 2.75) is 11.7 Å². The Balaban J connectivity index is 1.53. The zero-order valence-electron chi connectivity index (χ0n) is 15.8. The average molecular weight is 628 g/mol. The summed E-state index contributed by atoms with van der Waals surface area (Å²) >= 11 is 11.7. The van der Waals surface area contributed by atoms with E-state index in [1.807, 2.05) is 41.0 Å². The predicted molar refractivity (Wildman–Crippen MR) is 130 cm³/mol. The molecule has 0 aliphatic heterocycles. The molecule has 3 aromatic heterocycles. The van der Waals surface area contributed by atoms with Gasteiger partial charge in [0.05, 0.1) is 24.2 Å². The summed E-state index contributed by atoms with van der Waals surface area (Å²) in [5, 5.41) is 12.2. The lowest BCUT2D eigenvalue weighted by Gasteiger charge is -2.11. The normalized spacial score (nSPS) is 10.9. The van der Waals surface area contributed by atoms with Gasteiger partial charge in [0.15, 0.2) is 11.0 Å². The first kappa shape index (κ1) is 22.3. The monoisotopic (exact) mass is 625 g/mol. The summed E-state index contributed by atoms with van der Waals surface area (Å²) in [6.45, 7) is 0.442. The molecule has 11 heteroatoms. The highest BCUT2D eigenvalue weighted by molar-refractivity contribution is 9.11. The molecule has 7 nitrogen and oxygen atoms in total. The fraction of sp³-hybridized carbons (Fsp3) is 0.100. The van der Waals surface area contributed by atoms with Crippen LogP contribution in [0, 0.1) is 0 Å². The van der Waals surface area contributed by atoms with E-state index in [9.17, 15) is 4.79 Å². The lowest BCUT2D eigenvalue weighted by molar-refractivity contribution is -0.113. The lowest BCUT2D eigenvalue weighted by Crippen LogP contribution is -2.15. The lowest BCUT2D eigenvalue weighted by atomic mass is 10.2. The van der Waals surface area contributed by atoms with Crippen LogP contribution in [-0.4, -0.2) is 31.4 Å². The van der Waals surface area contributed by atoms with Gasteiger partial charge in [0.1, 0.15) is 5.76 Å². The smallest absolute Gasteiger partial charge is 0.234 e. The largest absolute Gasteiger partial charge is 0.467 e. The fourth-order valence-corrected chi connectivity index (χ4v) is 5.97. The number of carbonyl (C=O) groups excluding carboxylic acids is 1. The molecule has 31 heavy (non-hydrogen) atoms. The van der Waals surface area contributed by atoms with Crippen molar-refractivity contribution >= 4 is 71.1 Å². The van der Waals surface area contributed by atoms with E-state index >= 15 is 0 Å². The van der Waals surface area contributed by atoms with E-state index in [0.717, 1.165) is 24.7 Å². The van der Waals surface area contributed by atoms with Gasteiger partial charge in [-0.05, 0) is 68.3 Å². The summed E-state index contributed by atoms with van der Waals surface area (Å²) in [5.74, 6) is 1.42. The summed E-state index contributed by atoms with van der Waals surface area (Å²) in [7, 11) is 0. The minimum atomic E-state index is -0.163. The third kappa shape index (κ3) is 5.46. The van der Waals surface area contributed by atoms with Gasteiger partial charge in [0.2, 0.25) is 5.91 Å². The number of halogens is 3. The van der Waals surface area contributed by atoms with Crippen molar-refractivity contribution < 1.29 is 9.21 Å². The van der Waals surface area contributed by atoms with Crippen LogP contribution in [0.3, 0.4) is 0 Å². The van der Waals surface area contributed by atoms with Gasteiger partial charge in [-0.1, -0.05) is 27.7 Å². The van der Waals surface area contributed by atoms with Gasteiger partial charge in [-0.25, -0.2) is 0 Å².